The van der Waals surface area contributed by atoms with Crippen LogP contribution in [0.25, 0.3) is 0 Å². The van der Waals surface area contributed by atoms with Crippen LogP contribution in [0.5, 0.6) is 5.75 Å². The van der Waals surface area contributed by atoms with E-state index in [-0.39, 0.29) is 11.7 Å². The minimum Gasteiger partial charge on any atom is -0.497 e. The fourth-order valence-electron chi connectivity index (χ4n) is 3.34. The maximum Gasteiger partial charge on any atom is 0.252 e. The number of nitrogens with one attached hydrogen (secondary N) is 1. The van der Waals surface area contributed by atoms with E-state index in [1.54, 1.807) is 17.5 Å². The summed E-state index contributed by atoms with van der Waals surface area (Å²) in [6.45, 7) is 2.55. The van der Waals surface area contributed by atoms with E-state index in [1.165, 1.54) is 0 Å². The maximum atomic E-state index is 12.7. The number of ether oxygens (including phenoxy) is 1. The Kier molecular flexibility index (Phi) is 7.95. The summed E-state index contributed by atoms with van der Waals surface area (Å²) in [5.41, 5.74) is 1.67. The summed E-state index contributed by atoms with van der Waals surface area (Å²) in [5, 5.41) is 2.81. The second-order valence-electron chi connectivity index (χ2n) is 6.99. The average molecular weight is 543 g/mol. The minimum absolute atomic E-state index is 0.0295. The SMILES string of the molecule is COc1ccc(N2CCN(S(=O)(=O)CCCNC(=O)c3ccccc3I)CC2)cc1. The number of anilines is 1. The van der Waals surface area contributed by atoms with Crippen LogP contribution < -0.4 is 15.0 Å². The van der Waals surface area contributed by atoms with Gasteiger partial charge in [-0.15, -0.1) is 0 Å². The van der Waals surface area contributed by atoms with Gasteiger partial charge in [0.25, 0.3) is 5.91 Å². The Morgan fingerprint density at radius 3 is 2.37 bits per heavy atom. The number of methoxy groups -OCH3 is 1. The number of amides is 1. The molecule has 0 saturated carbocycles. The molecule has 0 atom stereocenters. The zero-order valence-corrected chi connectivity index (χ0v) is 19.9. The molecule has 162 valence electrons. The minimum atomic E-state index is -3.34. The van der Waals surface area contributed by atoms with Gasteiger partial charge < -0.3 is 15.0 Å². The van der Waals surface area contributed by atoms with Crippen molar-refractivity contribution in [1.82, 2.24) is 9.62 Å². The summed E-state index contributed by atoms with van der Waals surface area (Å²) in [4.78, 5) is 14.4. The van der Waals surface area contributed by atoms with E-state index in [4.69, 9.17) is 4.74 Å². The molecule has 0 bridgehead atoms. The lowest BCUT2D eigenvalue weighted by Gasteiger charge is -2.35. The first-order valence-electron chi connectivity index (χ1n) is 9.80. The highest BCUT2D eigenvalue weighted by Crippen LogP contribution is 2.21. The van der Waals surface area contributed by atoms with Crippen LogP contribution in [0.4, 0.5) is 5.69 Å². The van der Waals surface area contributed by atoms with Gasteiger partial charge in [0.15, 0.2) is 0 Å². The predicted molar refractivity (Wildman–Crippen MR) is 127 cm³/mol. The Balaban J connectivity index is 1.44. The molecule has 1 saturated heterocycles. The Hall–Kier alpha value is -1.85. The molecule has 7 nitrogen and oxygen atoms in total. The number of rotatable bonds is 8. The number of sulfonamides is 1. The molecule has 1 N–H and O–H groups in total. The van der Waals surface area contributed by atoms with Crippen LogP contribution in [-0.2, 0) is 10.0 Å². The van der Waals surface area contributed by atoms with Crippen molar-refractivity contribution in [2.75, 3.05) is 50.5 Å². The summed E-state index contributed by atoms with van der Waals surface area (Å²) < 4.78 is 32.9. The second-order valence-corrected chi connectivity index (χ2v) is 10.2. The van der Waals surface area contributed by atoms with Crippen molar-refractivity contribution in [3.63, 3.8) is 0 Å². The number of carbonyl (C=O) groups excluding carboxylic acids is 1. The summed E-state index contributed by atoms with van der Waals surface area (Å²) in [6, 6.07) is 15.1. The Labute approximate surface area is 191 Å². The molecular weight excluding hydrogens is 517 g/mol. The van der Waals surface area contributed by atoms with E-state index < -0.39 is 10.0 Å². The van der Waals surface area contributed by atoms with Crippen LogP contribution in [0.15, 0.2) is 48.5 Å². The number of nitrogens with zero attached hydrogens (tertiary/aromatic N) is 2. The summed E-state index contributed by atoms with van der Waals surface area (Å²) >= 11 is 2.11. The zero-order chi connectivity index (χ0) is 21.6. The molecule has 0 unspecified atom stereocenters. The fraction of sp³-hybridized carbons (Fsp3) is 0.381. The molecule has 1 aliphatic rings. The van der Waals surface area contributed by atoms with Crippen molar-refractivity contribution in [1.29, 1.82) is 0 Å². The van der Waals surface area contributed by atoms with Crippen LogP contribution in [0.1, 0.15) is 16.8 Å². The van der Waals surface area contributed by atoms with E-state index in [9.17, 15) is 13.2 Å². The van der Waals surface area contributed by atoms with Gasteiger partial charge in [-0.1, -0.05) is 12.1 Å². The highest BCUT2D eigenvalue weighted by Gasteiger charge is 2.26. The first-order chi connectivity index (χ1) is 14.4. The molecule has 1 heterocycles. The third-order valence-corrected chi connectivity index (χ3v) is 7.95. The van der Waals surface area contributed by atoms with Crippen molar-refractivity contribution in [3.8, 4) is 5.75 Å². The van der Waals surface area contributed by atoms with Gasteiger partial charge in [0.2, 0.25) is 10.0 Å². The number of piperazine rings is 1. The molecule has 1 aliphatic heterocycles. The first-order valence-corrected chi connectivity index (χ1v) is 12.5. The Bertz CT molecular complexity index is 958. The number of carbonyl (C=O) groups is 1. The molecule has 9 heteroatoms. The molecule has 1 amide bonds. The maximum absolute atomic E-state index is 12.7. The van der Waals surface area contributed by atoms with Crippen LogP contribution in [-0.4, -0.2) is 64.2 Å². The summed E-state index contributed by atoms with van der Waals surface area (Å²) in [7, 11) is -1.71. The van der Waals surface area contributed by atoms with Crippen LogP contribution in [0, 0.1) is 3.57 Å². The quantitative estimate of drug-likeness (QED) is 0.409. The van der Waals surface area contributed by atoms with E-state index in [0.29, 0.717) is 44.7 Å². The highest BCUT2D eigenvalue weighted by molar-refractivity contribution is 14.1. The van der Waals surface area contributed by atoms with Crippen molar-refractivity contribution >= 4 is 44.2 Å². The molecule has 2 aromatic rings. The smallest absolute Gasteiger partial charge is 0.252 e. The summed E-state index contributed by atoms with van der Waals surface area (Å²) in [6.07, 6.45) is 0.385. The topological polar surface area (TPSA) is 79.0 Å². The third kappa shape index (κ3) is 5.86. The number of hydrogen-bond donors (Lipinski definition) is 1. The third-order valence-electron chi connectivity index (χ3n) is 5.05. The normalized spacial score (nSPS) is 15.1. The van der Waals surface area contributed by atoms with Gasteiger partial charge in [-0.05, 0) is 65.4 Å². The predicted octanol–water partition coefficient (Wildman–Crippen LogP) is 2.57. The molecule has 0 aliphatic carbocycles. The molecule has 0 aromatic heterocycles. The van der Waals surface area contributed by atoms with Gasteiger partial charge in [-0.2, -0.15) is 4.31 Å². The van der Waals surface area contributed by atoms with Crippen molar-refractivity contribution in [3.05, 3.63) is 57.7 Å². The number of benzene rings is 2. The fourth-order valence-corrected chi connectivity index (χ4v) is 5.46. The van der Waals surface area contributed by atoms with E-state index in [1.807, 2.05) is 42.5 Å². The Morgan fingerprint density at radius 2 is 1.73 bits per heavy atom. The van der Waals surface area contributed by atoms with Gasteiger partial charge in [-0.25, -0.2) is 8.42 Å². The van der Waals surface area contributed by atoms with Crippen LogP contribution in [0.3, 0.4) is 0 Å². The lowest BCUT2D eigenvalue weighted by atomic mass is 10.2. The highest BCUT2D eigenvalue weighted by atomic mass is 127. The van der Waals surface area contributed by atoms with Crippen molar-refractivity contribution in [2.24, 2.45) is 0 Å². The molecule has 0 spiro atoms. The van der Waals surface area contributed by atoms with Crippen LogP contribution >= 0.6 is 22.6 Å². The monoisotopic (exact) mass is 543 g/mol. The van der Waals surface area contributed by atoms with Crippen molar-refractivity contribution in [2.45, 2.75) is 6.42 Å². The van der Waals surface area contributed by atoms with Gasteiger partial charge in [0.1, 0.15) is 5.75 Å². The molecule has 2 aromatic carbocycles. The molecule has 1 fully saturated rings. The standard InChI is InChI=1S/C21H26IN3O4S/c1-29-18-9-7-17(8-10-18)24-12-14-25(15-13-24)30(27,28)16-4-11-23-21(26)19-5-2-3-6-20(19)22/h2-3,5-10H,4,11-16H2,1H3,(H,23,26). The first kappa shape index (κ1) is 22.8. The van der Waals surface area contributed by atoms with Gasteiger partial charge in [0.05, 0.1) is 18.4 Å². The van der Waals surface area contributed by atoms with E-state index in [0.717, 1.165) is 15.0 Å². The Morgan fingerprint density at radius 1 is 1.07 bits per heavy atom. The van der Waals surface area contributed by atoms with Crippen LogP contribution in [0.2, 0.25) is 0 Å². The van der Waals surface area contributed by atoms with Gasteiger partial charge in [-0.3, -0.25) is 4.79 Å². The second kappa shape index (κ2) is 10.5. The average Bonchev–Trinajstić information content (AvgIpc) is 2.77. The van der Waals surface area contributed by atoms with Gasteiger partial charge >= 0.3 is 0 Å². The number of halogens is 1. The molecule has 3 rings (SSSR count). The molecular formula is C21H26IN3O4S. The lowest BCUT2D eigenvalue weighted by Crippen LogP contribution is -2.49. The van der Waals surface area contributed by atoms with Crippen molar-refractivity contribution < 1.29 is 17.9 Å². The largest absolute Gasteiger partial charge is 0.497 e. The van der Waals surface area contributed by atoms with E-state index in [2.05, 4.69) is 32.8 Å². The summed E-state index contributed by atoms with van der Waals surface area (Å²) in [5.74, 6) is 0.654. The van der Waals surface area contributed by atoms with E-state index >= 15 is 0 Å². The molecule has 0 radical (unpaired) electrons. The number of hydrogen-bond acceptors (Lipinski definition) is 5. The lowest BCUT2D eigenvalue weighted by molar-refractivity contribution is 0.0952. The van der Waals surface area contributed by atoms with Gasteiger partial charge in [0, 0.05) is 42.0 Å². The zero-order valence-electron chi connectivity index (χ0n) is 16.9. The molecule has 30 heavy (non-hydrogen) atoms.